The molecule has 0 radical (unpaired) electrons. The fourth-order valence-electron chi connectivity index (χ4n) is 2.22. The topological polar surface area (TPSA) is 52.6 Å². The zero-order chi connectivity index (χ0) is 13.7. The molecule has 1 heterocycles. The lowest BCUT2D eigenvalue weighted by Crippen LogP contribution is -2.18. The molecular formula is C15H18O4. The number of carbonyl (C=O) groups excluding carboxylic acids is 2. The number of para-hydroxylation sites is 1. The maximum Gasteiger partial charge on any atom is 0.374 e. The maximum atomic E-state index is 11.4. The normalized spacial score (nSPS) is 16.6. The molecule has 19 heavy (non-hydrogen) atoms. The number of ether oxygens (including phenoxy) is 2. The molecule has 0 amide bonds. The third-order valence-electron chi connectivity index (χ3n) is 3.15. The first kappa shape index (κ1) is 13.6. The molecular weight excluding hydrogens is 244 g/mol. The van der Waals surface area contributed by atoms with Crippen molar-refractivity contribution in [3.05, 3.63) is 29.8 Å². The van der Waals surface area contributed by atoms with Crippen molar-refractivity contribution in [3.63, 3.8) is 0 Å². The summed E-state index contributed by atoms with van der Waals surface area (Å²) in [6.45, 7) is 1.93. The largest absolute Gasteiger partial charge is 0.490 e. The Morgan fingerprint density at radius 3 is 2.89 bits per heavy atom. The monoisotopic (exact) mass is 262 g/mol. The van der Waals surface area contributed by atoms with Gasteiger partial charge in [-0.1, -0.05) is 18.2 Å². The molecule has 0 bridgehead atoms. The highest BCUT2D eigenvalue weighted by molar-refractivity contribution is 6.33. The van der Waals surface area contributed by atoms with Crippen LogP contribution in [0.2, 0.25) is 0 Å². The number of hydrogen-bond acceptors (Lipinski definition) is 4. The van der Waals surface area contributed by atoms with Gasteiger partial charge in [-0.05, 0) is 31.4 Å². The minimum Gasteiger partial charge on any atom is -0.490 e. The molecule has 1 aromatic rings. The van der Waals surface area contributed by atoms with E-state index in [2.05, 4.69) is 10.8 Å². The van der Waals surface area contributed by atoms with Crippen LogP contribution >= 0.6 is 0 Å². The van der Waals surface area contributed by atoms with Crippen molar-refractivity contribution in [2.75, 3.05) is 6.61 Å². The Morgan fingerprint density at radius 2 is 2.16 bits per heavy atom. The first-order valence-corrected chi connectivity index (χ1v) is 6.65. The van der Waals surface area contributed by atoms with Crippen LogP contribution in [0.4, 0.5) is 0 Å². The lowest BCUT2D eigenvalue weighted by Gasteiger charge is -2.09. The summed E-state index contributed by atoms with van der Waals surface area (Å²) in [6, 6.07) is 7.96. The van der Waals surface area contributed by atoms with Crippen LogP contribution in [0.15, 0.2) is 24.3 Å². The molecule has 0 N–H and O–H groups in total. The summed E-state index contributed by atoms with van der Waals surface area (Å²) in [5.74, 6) is -0.236. The third kappa shape index (κ3) is 3.56. The number of rotatable bonds is 6. The number of hydrogen-bond donors (Lipinski definition) is 0. The van der Waals surface area contributed by atoms with Gasteiger partial charge in [0.1, 0.15) is 11.9 Å². The molecule has 0 saturated heterocycles. The highest BCUT2D eigenvalue weighted by atomic mass is 16.5. The van der Waals surface area contributed by atoms with Crippen LogP contribution in [-0.2, 0) is 20.7 Å². The first-order chi connectivity index (χ1) is 9.20. The summed E-state index contributed by atoms with van der Waals surface area (Å²) in [4.78, 5) is 22.6. The standard InChI is InChI=1S/C15H18O4/c1-2-18-15(17)13(16)8-5-7-12-10-11-6-3-4-9-14(11)19-12/h3-4,6,9,12H,2,5,7-8,10H2,1H3. The van der Waals surface area contributed by atoms with Gasteiger partial charge in [-0.15, -0.1) is 0 Å². The van der Waals surface area contributed by atoms with E-state index in [-0.39, 0.29) is 19.1 Å². The number of fused-ring (bicyclic) bond motifs is 1. The van der Waals surface area contributed by atoms with Gasteiger partial charge in [0.05, 0.1) is 6.61 Å². The smallest absolute Gasteiger partial charge is 0.374 e. The average Bonchev–Trinajstić information content (AvgIpc) is 2.81. The van der Waals surface area contributed by atoms with Crippen molar-refractivity contribution in [1.82, 2.24) is 0 Å². The number of esters is 1. The molecule has 0 saturated carbocycles. The average molecular weight is 262 g/mol. The first-order valence-electron chi connectivity index (χ1n) is 6.65. The molecule has 0 aromatic heterocycles. The molecule has 0 spiro atoms. The summed E-state index contributed by atoms with van der Waals surface area (Å²) in [5.41, 5.74) is 1.21. The van der Waals surface area contributed by atoms with Crippen LogP contribution in [0, 0.1) is 0 Å². The van der Waals surface area contributed by atoms with Crippen LogP contribution in [-0.4, -0.2) is 24.5 Å². The molecule has 0 fully saturated rings. The number of carbonyl (C=O) groups is 2. The van der Waals surface area contributed by atoms with Crippen molar-refractivity contribution < 1.29 is 19.1 Å². The van der Waals surface area contributed by atoms with Gasteiger partial charge in [-0.3, -0.25) is 4.79 Å². The molecule has 1 aromatic carbocycles. The lowest BCUT2D eigenvalue weighted by atomic mass is 10.0. The van der Waals surface area contributed by atoms with Gasteiger partial charge in [0.15, 0.2) is 0 Å². The molecule has 0 aliphatic carbocycles. The van der Waals surface area contributed by atoms with E-state index in [1.54, 1.807) is 6.92 Å². The third-order valence-corrected chi connectivity index (χ3v) is 3.15. The zero-order valence-corrected chi connectivity index (χ0v) is 11.1. The predicted molar refractivity (Wildman–Crippen MR) is 70.1 cm³/mol. The fraction of sp³-hybridized carbons (Fsp3) is 0.467. The van der Waals surface area contributed by atoms with Crippen LogP contribution < -0.4 is 4.74 Å². The van der Waals surface area contributed by atoms with Crippen LogP contribution in [0.3, 0.4) is 0 Å². The Morgan fingerprint density at radius 1 is 1.37 bits per heavy atom. The minimum absolute atomic E-state index is 0.118. The second-order valence-electron chi connectivity index (χ2n) is 4.59. The second kappa shape index (κ2) is 6.36. The van der Waals surface area contributed by atoms with Gasteiger partial charge >= 0.3 is 5.97 Å². The molecule has 1 atom stereocenters. The van der Waals surface area contributed by atoms with E-state index >= 15 is 0 Å². The Hall–Kier alpha value is -1.84. The lowest BCUT2D eigenvalue weighted by molar-refractivity contribution is -0.153. The van der Waals surface area contributed by atoms with Crippen molar-refractivity contribution in [2.45, 2.75) is 38.7 Å². The van der Waals surface area contributed by atoms with Gasteiger partial charge in [0.25, 0.3) is 0 Å². The molecule has 1 aliphatic heterocycles. The van der Waals surface area contributed by atoms with Crippen molar-refractivity contribution in [3.8, 4) is 5.75 Å². The predicted octanol–water partition coefficient (Wildman–Crippen LogP) is 2.29. The van der Waals surface area contributed by atoms with Crippen LogP contribution in [0.1, 0.15) is 31.7 Å². The summed E-state index contributed by atoms with van der Waals surface area (Å²) in [5, 5.41) is 0. The van der Waals surface area contributed by atoms with Gasteiger partial charge < -0.3 is 9.47 Å². The van der Waals surface area contributed by atoms with Crippen molar-refractivity contribution in [2.24, 2.45) is 0 Å². The Balaban J connectivity index is 1.71. The van der Waals surface area contributed by atoms with E-state index in [1.165, 1.54) is 5.56 Å². The van der Waals surface area contributed by atoms with Gasteiger partial charge in [0, 0.05) is 12.8 Å². The van der Waals surface area contributed by atoms with Gasteiger partial charge in [0.2, 0.25) is 5.78 Å². The Labute approximate surface area is 112 Å². The maximum absolute atomic E-state index is 11.4. The molecule has 4 nitrogen and oxygen atoms in total. The van der Waals surface area contributed by atoms with E-state index in [9.17, 15) is 9.59 Å². The summed E-state index contributed by atoms with van der Waals surface area (Å²) in [7, 11) is 0. The minimum atomic E-state index is -0.724. The van der Waals surface area contributed by atoms with Gasteiger partial charge in [-0.2, -0.15) is 0 Å². The SMILES string of the molecule is CCOC(=O)C(=O)CCCC1Cc2ccccc2O1. The van der Waals surface area contributed by atoms with Crippen LogP contribution in [0.25, 0.3) is 0 Å². The number of ketones is 1. The highest BCUT2D eigenvalue weighted by Crippen LogP contribution is 2.30. The van der Waals surface area contributed by atoms with E-state index in [0.29, 0.717) is 6.42 Å². The fourth-order valence-corrected chi connectivity index (χ4v) is 2.22. The zero-order valence-electron chi connectivity index (χ0n) is 11.1. The number of Topliss-reactive ketones (excluding diaryl/α,β-unsaturated/α-hetero) is 1. The molecule has 4 heteroatoms. The van der Waals surface area contributed by atoms with E-state index < -0.39 is 11.8 Å². The van der Waals surface area contributed by atoms with Crippen molar-refractivity contribution in [1.29, 1.82) is 0 Å². The Bertz CT molecular complexity index is 442. The van der Waals surface area contributed by atoms with E-state index in [4.69, 9.17) is 4.74 Å². The van der Waals surface area contributed by atoms with Crippen LogP contribution in [0.5, 0.6) is 5.75 Å². The molecule has 2 rings (SSSR count). The summed E-state index contributed by atoms with van der Waals surface area (Å²) < 4.78 is 10.4. The van der Waals surface area contributed by atoms with Gasteiger partial charge in [-0.25, -0.2) is 4.79 Å². The molecule has 1 aliphatic rings. The second-order valence-corrected chi connectivity index (χ2v) is 4.59. The summed E-state index contributed by atoms with van der Waals surface area (Å²) in [6.07, 6.45) is 2.65. The quantitative estimate of drug-likeness (QED) is 0.583. The Kier molecular flexibility index (Phi) is 4.55. The van der Waals surface area contributed by atoms with E-state index in [1.807, 2.05) is 18.2 Å². The summed E-state index contributed by atoms with van der Waals surface area (Å²) >= 11 is 0. The van der Waals surface area contributed by atoms with E-state index in [0.717, 1.165) is 18.6 Å². The molecule has 1 unspecified atom stereocenters. The highest BCUT2D eigenvalue weighted by Gasteiger charge is 2.22. The number of benzene rings is 1. The van der Waals surface area contributed by atoms with Crippen molar-refractivity contribution >= 4 is 11.8 Å². The molecule has 102 valence electrons.